The highest BCUT2D eigenvalue weighted by Crippen LogP contribution is 2.33. The molecule has 0 bridgehead atoms. The lowest BCUT2D eigenvalue weighted by atomic mass is 9.75. The molecule has 1 heterocycles. The molecule has 0 aliphatic heterocycles. The number of aryl methyl sites for hydroxylation is 1. The molecule has 0 unspecified atom stereocenters. The zero-order valence-electron chi connectivity index (χ0n) is 14.2. The fourth-order valence-electron chi connectivity index (χ4n) is 2.88. The van der Waals surface area contributed by atoms with E-state index in [1.54, 1.807) is 6.20 Å². The lowest BCUT2D eigenvalue weighted by Crippen LogP contribution is -2.39. The molecule has 0 aliphatic rings. The Morgan fingerprint density at radius 1 is 1.00 bits per heavy atom. The van der Waals surface area contributed by atoms with E-state index in [0.29, 0.717) is 5.82 Å². The number of carbonyl (C=O) groups excluding carboxylic acids is 1. The number of hydrogen-bond acceptors (Lipinski definition) is 2. The molecule has 3 nitrogen and oxygen atoms in total. The summed E-state index contributed by atoms with van der Waals surface area (Å²) in [6, 6.07) is 21.7. The molecule has 1 N–H and O–H groups in total. The van der Waals surface area contributed by atoms with Crippen molar-refractivity contribution in [3.8, 4) is 0 Å². The van der Waals surface area contributed by atoms with Crippen molar-refractivity contribution in [1.29, 1.82) is 0 Å². The molecule has 4 heteroatoms. The molecule has 0 fully saturated rings. The number of nitrogens with one attached hydrogen (secondary N) is 1. The first-order chi connectivity index (χ1) is 12.0. The zero-order chi connectivity index (χ0) is 17.9. The molecule has 126 valence electrons. The first-order valence-corrected chi connectivity index (χ1v) is 9.14. The summed E-state index contributed by atoms with van der Waals surface area (Å²) in [6.07, 6.45) is 1.76. The van der Waals surface area contributed by atoms with E-state index in [0.717, 1.165) is 20.3 Å². The van der Waals surface area contributed by atoms with Crippen molar-refractivity contribution in [1.82, 2.24) is 4.98 Å². The van der Waals surface area contributed by atoms with Gasteiger partial charge in [0, 0.05) is 9.77 Å². The highest BCUT2D eigenvalue weighted by molar-refractivity contribution is 14.1. The van der Waals surface area contributed by atoms with Crippen LogP contribution in [0.15, 0.2) is 72.9 Å². The van der Waals surface area contributed by atoms with Crippen LogP contribution in [0.3, 0.4) is 0 Å². The minimum Gasteiger partial charge on any atom is -0.309 e. The number of benzene rings is 2. The predicted molar refractivity (Wildman–Crippen MR) is 110 cm³/mol. The summed E-state index contributed by atoms with van der Waals surface area (Å²) in [4.78, 5) is 17.7. The van der Waals surface area contributed by atoms with Crippen LogP contribution in [0.4, 0.5) is 5.82 Å². The van der Waals surface area contributed by atoms with Gasteiger partial charge < -0.3 is 5.32 Å². The van der Waals surface area contributed by atoms with Gasteiger partial charge in [0.1, 0.15) is 5.82 Å². The van der Waals surface area contributed by atoms with Gasteiger partial charge in [-0.2, -0.15) is 0 Å². The Kier molecular flexibility index (Phi) is 5.18. The molecule has 0 saturated carbocycles. The van der Waals surface area contributed by atoms with Crippen LogP contribution in [0, 0.1) is 10.5 Å². The number of hydrogen-bond donors (Lipinski definition) is 1. The van der Waals surface area contributed by atoms with Gasteiger partial charge in [-0.25, -0.2) is 4.98 Å². The van der Waals surface area contributed by atoms with Gasteiger partial charge in [0.15, 0.2) is 0 Å². The van der Waals surface area contributed by atoms with Crippen LogP contribution in [0.25, 0.3) is 0 Å². The smallest absolute Gasteiger partial charge is 0.240 e. The fourth-order valence-corrected chi connectivity index (χ4v) is 3.48. The van der Waals surface area contributed by atoms with E-state index in [-0.39, 0.29) is 5.91 Å². The number of aromatic nitrogens is 1. The van der Waals surface area contributed by atoms with E-state index < -0.39 is 5.41 Å². The van der Waals surface area contributed by atoms with Gasteiger partial charge >= 0.3 is 0 Å². The Bertz CT molecular complexity index is 839. The molecule has 2 aromatic carbocycles. The van der Waals surface area contributed by atoms with E-state index in [1.165, 1.54) is 0 Å². The lowest BCUT2D eigenvalue weighted by molar-refractivity contribution is -0.119. The number of nitrogens with zero attached hydrogens (tertiary/aromatic N) is 1. The van der Waals surface area contributed by atoms with Crippen molar-refractivity contribution in [3.63, 3.8) is 0 Å². The summed E-state index contributed by atoms with van der Waals surface area (Å²) in [5.41, 5.74) is 2.03. The molecular formula is C21H19IN2O. The van der Waals surface area contributed by atoms with Crippen molar-refractivity contribution in [3.05, 3.63) is 93.2 Å². The topological polar surface area (TPSA) is 42.0 Å². The summed E-state index contributed by atoms with van der Waals surface area (Å²) in [5.74, 6) is 0.505. The third kappa shape index (κ3) is 3.58. The molecule has 0 spiro atoms. The van der Waals surface area contributed by atoms with E-state index in [2.05, 4.69) is 32.9 Å². The van der Waals surface area contributed by atoms with Crippen LogP contribution in [-0.2, 0) is 10.2 Å². The molecule has 1 amide bonds. The maximum absolute atomic E-state index is 13.3. The minimum atomic E-state index is -0.806. The Morgan fingerprint density at radius 3 is 2.00 bits per heavy atom. The summed E-state index contributed by atoms with van der Waals surface area (Å²) in [7, 11) is 0. The molecule has 3 aromatic rings. The molecule has 0 radical (unpaired) electrons. The van der Waals surface area contributed by atoms with Crippen molar-refractivity contribution in [2.24, 2.45) is 0 Å². The number of rotatable bonds is 4. The number of pyridine rings is 1. The molecule has 3 rings (SSSR count). The van der Waals surface area contributed by atoms with Gasteiger partial charge in [0.25, 0.3) is 0 Å². The van der Waals surface area contributed by atoms with Gasteiger partial charge in [-0.15, -0.1) is 0 Å². The summed E-state index contributed by atoms with van der Waals surface area (Å²) in [6.45, 7) is 3.90. The average Bonchev–Trinajstić information content (AvgIpc) is 2.64. The quantitative estimate of drug-likeness (QED) is 0.582. The molecule has 0 atom stereocenters. The monoisotopic (exact) mass is 442 g/mol. The van der Waals surface area contributed by atoms with Crippen LogP contribution in [0.5, 0.6) is 0 Å². The second kappa shape index (κ2) is 7.35. The predicted octanol–water partition coefficient (Wildman–Crippen LogP) is 4.94. The molecule has 25 heavy (non-hydrogen) atoms. The van der Waals surface area contributed by atoms with Gasteiger partial charge in [0.05, 0.1) is 5.41 Å². The third-order valence-electron chi connectivity index (χ3n) is 4.43. The number of carbonyl (C=O) groups is 1. The Balaban J connectivity index is 2.04. The van der Waals surface area contributed by atoms with E-state index in [9.17, 15) is 4.79 Å². The maximum Gasteiger partial charge on any atom is 0.240 e. The van der Waals surface area contributed by atoms with Crippen molar-refractivity contribution >= 4 is 34.3 Å². The standard InChI is InChI=1S/C21H19IN2O/c1-15-13-18(22)14-23-19(15)24-20(25)21(2,16-9-5-3-6-10-16)17-11-7-4-8-12-17/h3-14H,1-2H3,(H,23,24,25). The van der Waals surface area contributed by atoms with Crippen molar-refractivity contribution < 1.29 is 4.79 Å². The minimum absolute atomic E-state index is 0.0956. The highest BCUT2D eigenvalue weighted by Gasteiger charge is 2.37. The van der Waals surface area contributed by atoms with Crippen LogP contribution < -0.4 is 5.32 Å². The van der Waals surface area contributed by atoms with Crippen molar-refractivity contribution in [2.45, 2.75) is 19.3 Å². The van der Waals surface area contributed by atoms with E-state index >= 15 is 0 Å². The first kappa shape index (κ1) is 17.6. The van der Waals surface area contributed by atoms with Gasteiger partial charge in [-0.3, -0.25) is 4.79 Å². The largest absolute Gasteiger partial charge is 0.309 e. The Morgan fingerprint density at radius 2 is 1.52 bits per heavy atom. The van der Waals surface area contributed by atoms with Crippen molar-refractivity contribution in [2.75, 3.05) is 5.32 Å². The van der Waals surface area contributed by atoms with Gasteiger partial charge in [0.2, 0.25) is 5.91 Å². The zero-order valence-corrected chi connectivity index (χ0v) is 16.3. The summed E-state index contributed by atoms with van der Waals surface area (Å²) in [5, 5.41) is 3.02. The SMILES string of the molecule is Cc1cc(I)cnc1NC(=O)C(C)(c1ccccc1)c1ccccc1. The average molecular weight is 442 g/mol. The number of halogens is 1. The molecule has 0 saturated heterocycles. The van der Waals surface area contributed by atoms with Crippen LogP contribution in [-0.4, -0.2) is 10.9 Å². The Labute approximate surface area is 161 Å². The summed E-state index contributed by atoms with van der Waals surface area (Å²) >= 11 is 2.22. The molecular weight excluding hydrogens is 423 g/mol. The third-order valence-corrected chi connectivity index (χ3v) is 5.02. The summed E-state index contributed by atoms with van der Waals surface area (Å²) < 4.78 is 1.04. The maximum atomic E-state index is 13.3. The highest BCUT2D eigenvalue weighted by atomic mass is 127. The second-order valence-electron chi connectivity index (χ2n) is 6.13. The van der Waals surface area contributed by atoms with Crippen LogP contribution in [0.2, 0.25) is 0 Å². The number of amides is 1. The fraction of sp³-hybridized carbons (Fsp3) is 0.143. The van der Waals surface area contributed by atoms with E-state index in [4.69, 9.17) is 0 Å². The molecule has 0 aliphatic carbocycles. The normalized spacial score (nSPS) is 11.2. The van der Waals surface area contributed by atoms with Crippen LogP contribution >= 0.6 is 22.6 Å². The number of anilines is 1. The van der Waals surface area contributed by atoms with E-state index in [1.807, 2.05) is 80.6 Å². The lowest BCUT2D eigenvalue weighted by Gasteiger charge is -2.29. The Hall–Kier alpha value is -2.21. The molecule has 1 aromatic heterocycles. The first-order valence-electron chi connectivity index (χ1n) is 8.06. The second-order valence-corrected chi connectivity index (χ2v) is 7.38. The van der Waals surface area contributed by atoms with Crippen LogP contribution in [0.1, 0.15) is 23.6 Å². The van der Waals surface area contributed by atoms with Gasteiger partial charge in [-0.1, -0.05) is 60.7 Å². The van der Waals surface area contributed by atoms with Gasteiger partial charge in [-0.05, 0) is 59.2 Å².